The van der Waals surface area contributed by atoms with Crippen LogP contribution in [0.2, 0.25) is 0 Å². The summed E-state index contributed by atoms with van der Waals surface area (Å²) in [4.78, 5) is 17.2. The first-order valence-corrected chi connectivity index (χ1v) is 8.63. The Morgan fingerprint density at radius 1 is 1.11 bits per heavy atom. The third kappa shape index (κ3) is 3.60. The van der Waals surface area contributed by atoms with Gasteiger partial charge in [-0.3, -0.25) is 9.78 Å². The summed E-state index contributed by atoms with van der Waals surface area (Å²) >= 11 is 0. The molecule has 1 N–H and O–H groups in total. The number of azo groups is 1. The number of halogens is 3. The molecule has 2 aromatic rings. The van der Waals surface area contributed by atoms with E-state index in [0.29, 0.717) is 19.6 Å². The van der Waals surface area contributed by atoms with Crippen molar-refractivity contribution < 1.29 is 18.0 Å². The summed E-state index contributed by atoms with van der Waals surface area (Å²) in [6.07, 6.45) is -0.277. The molecule has 144 valence electrons. The highest BCUT2D eigenvalue weighted by molar-refractivity contribution is 5.83. The van der Waals surface area contributed by atoms with Crippen LogP contribution in [0.4, 0.5) is 18.9 Å². The van der Waals surface area contributed by atoms with E-state index < -0.39 is 18.0 Å². The van der Waals surface area contributed by atoms with Gasteiger partial charge in [-0.25, -0.2) is 0 Å². The summed E-state index contributed by atoms with van der Waals surface area (Å²) < 4.78 is 40.0. The van der Waals surface area contributed by atoms with Crippen LogP contribution in [0.5, 0.6) is 0 Å². The fourth-order valence-electron chi connectivity index (χ4n) is 3.39. The third-order valence-corrected chi connectivity index (χ3v) is 4.75. The largest absolute Gasteiger partial charge is 0.406 e. The van der Waals surface area contributed by atoms with Gasteiger partial charge in [0.2, 0.25) is 0 Å². The average molecular weight is 387 g/mol. The van der Waals surface area contributed by atoms with Crippen LogP contribution in [-0.4, -0.2) is 22.0 Å². The minimum Gasteiger partial charge on any atom is -0.381 e. The van der Waals surface area contributed by atoms with Crippen molar-refractivity contribution in [1.82, 2.24) is 9.88 Å². The number of benzene rings is 1. The van der Waals surface area contributed by atoms with E-state index in [0.717, 1.165) is 28.6 Å². The molecule has 1 aromatic carbocycles. The number of carbonyl (C=O) groups excluding carboxylic acids is 1. The molecule has 0 bridgehead atoms. The van der Waals surface area contributed by atoms with Gasteiger partial charge >= 0.3 is 6.18 Å². The summed E-state index contributed by atoms with van der Waals surface area (Å²) in [5.74, 6) is -3.53. The van der Waals surface area contributed by atoms with Crippen molar-refractivity contribution in [3.63, 3.8) is 0 Å². The van der Waals surface area contributed by atoms with Crippen molar-refractivity contribution in [2.45, 2.75) is 25.8 Å². The van der Waals surface area contributed by atoms with Crippen LogP contribution < -0.4 is 5.32 Å². The number of rotatable bonds is 4. The average Bonchev–Trinajstić information content (AvgIpc) is 3.09. The molecule has 2 aliphatic rings. The number of fused-ring (bicyclic) bond motifs is 1. The number of hydrogen-bond acceptors (Lipinski definition) is 5. The second kappa shape index (κ2) is 7.06. The van der Waals surface area contributed by atoms with Crippen LogP contribution in [0.1, 0.15) is 16.7 Å². The van der Waals surface area contributed by atoms with E-state index in [-0.39, 0.29) is 5.70 Å². The first-order chi connectivity index (χ1) is 13.4. The zero-order chi connectivity index (χ0) is 19.7. The van der Waals surface area contributed by atoms with Crippen molar-refractivity contribution in [3.8, 4) is 0 Å². The predicted octanol–water partition coefficient (Wildman–Crippen LogP) is 4.02. The summed E-state index contributed by atoms with van der Waals surface area (Å²) in [5, 5.41) is 9.79. The number of pyridine rings is 1. The van der Waals surface area contributed by atoms with E-state index in [9.17, 15) is 18.0 Å². The quantitative estimate of drug-likeness (QED) is 0.860. The molecule has 1 unspecified atom stereocenters. The molecule has 2 aliphatic heterocycles. The van der Waals surface area contributed by atoms with Crippen LogP contribution in [-0.2, 0) is 24.4 Å². The zero-order valence-corrected chi connectivity index (χ0v) is 14.6. The maximum Gasteiger partial charge on any atom is 0.406 e. The van der Waals surface area contributed by atoms with Crippen LogP contribution >= 0.6 is 0 Å². The lowest BCUT2D eigenvalue weighted by atomic mass is 10.0. The van der Waals surface area contributed by atoms with Gasteiger partial charge in [-0.1, -0.05) is 18.2 Å². The van der Waals surface area contributed by atoms with Crippen molar-refractivity contribution >= 4 is 11.6 Å². The number of anilines is 1. The number of hydrogen-bond donors (Lipinski definition) is 1. The molecule has 0 saturated carbocycles. The van der Waals surface area contributed by atoms with Crippen molar-refractivity contribution in [2.75, 3.05) is 5.32 Å². The topological polar surface area (TPSA) is 70.0 Å². The normalized spacial score (nSPS) is 18.8. The third-order valence-electron chi connectivity index (χ3n) is 4.75. The molecular weight excluding hydrogens is 371 g/mol. The SMILES string of the molecule is O=C1N=NC=C(N2Cc3ccc(CNc4ccncc4)cc3C2)C1C(F)(F)F. The number of carbonyl (C=O) groups is 1. The summed E-state index contributed by atoms with van der Waals surface area (Å²) in [6, 6.07) is 9.53. The molecule has 9 heteroatoms. The van der Waals surface area contributed by atoms with Crippen LogP contribution in [0.15, 0.2) is 64.9 Å². The highest BCUT2D eigenvalue weighted by Gasteiger charge is 2.50. The fraction of sp³-hybridized carbons (Fsp3) is 0.263. The van der Waals surface area contributed by atoms with Gasteiger partial charge in [-0.05, 0) is 28.8 Å². The van der Waals surface area contributed by atoms with Gasteiger partial charge in [0.15, 0.2) is 5.92 Å². The van der Waals surface area contributed by atoms with E-state index in [1.807, 2.05) is 30.3 Å². The van der Waals surface area contributed by atoms with Crippen molar-refractivity contribution in [2.24, 2.45) is 16.1 Å². The van der Waals surface area contributed by atoms with E-state index in [4.69, 9.17) is 0 Å². The molecule has 0 saturated heterocycles. The second-order valence-corrected chi connectivity index (χ2v) is 6.63. The first-order valence-electron chi connectivity index (χ1n) is 8.63. The van der Waals surface area contributed by atoms with E-state index in [2.05, 4.69) is 20.5 Å². The maximum atomic E-state index is 13.3. The second-order valence-electron chi connectivity index (χ2n) is 6.63. The molecule has 0 fully saturated rings. The number of nitrogens with one attached hydrogen (secondary N) is 1. The Balaban J connectivity index is 1.50. The van der Waals surface area contributed by atoms with Crippen LogP contribution in [0.25, 0.3) is 0 Å². The first kappa shape index (κ1) is 18.1. The highest BCUT2D eigenvalue weighted by atomic mass is 19.4. The zero-order valence-electron chi connectivity index (χ0n) is 14.6. The lowest BCUT2D eigenvalue weighted by Gasteiger charge is -2.28. The minimum atomic E-state index is -4.70. The molecule has 1 amide bonds. The van der Waals surface area contributed by atoms with E-state index in [1.54, 1.807) is 17.3 Å². The van der Waals surface area contributed by atoms with Gasteiger partial charge in [0.1, 0.15) is 0 Å². The molecule has 0 aliphatic carbocycles. The molecule has 3 heterocycles. The van der Waals surface area contributed by atoms with Gasteiger partial charge < -0.3 is 10.2 Å². The summed E-state index contributed by atoms with van der Waals surface area (Å²) in [6.45, 7) is 1.17. The van der Waals surface area contributed by atoms with Gasteiger partial charge in [-0.15, -0.1) is 5.11 Å². The number of aromatic nitrogens is 1. The lowest BCUT2D eigenvalue weighted by Crippen LogP contribution is -2.38. The minimum absolute atomic E-state index is 0.153. The Bertz CT molecular complexity index is 956. The molecule has 1 aromatic heterocycles. The fourth-order valence-corrected chi connectivity index (χ4v) is 3.39. The molecule has 28 heavy (non-hydrogen) atoms. The smallest absolute Gasteiger partial charge is 0.381 e. The molecule has 4 rings (SSSR count). The Morgan fingerprint density at radius 3 is 2.61 bits per heavy atom. The summed E-state index contributed by atoms with van der Waals surface area (Å²) in [7, 11) is 0. The van der Waals surface area contributed by atoms with Crippen molar-refractivity contribution in [3.05, 3.63) is 71.3 Å². The molecule has 0 spiro atoms. The Hall–Kier alpha value is -3.23. The van der Waals surface area contributed by atoms with Crippen molar-refractivity contribution in [1.29, 1.82) is 0 Å². The number of alkyl halides is 3. The summed E-state index contributed by atoms with van der Waals surface area (Å²) in [5.41, 5.74) is 3.66. The maximum absolute atomic E-state index is 13.3. The lowest BCUT2D eigenvalue weighted by molar-refractivity contribution is -0.177. The molecule has 6 nitrogen and oxygen atoms in total. The number of amides is 1. The predicted molar refractivity (Wildman–Crippen MR) is 94.7 cm³/mol. The van der Waals surface area contributed by atoms with Gasteiger partial charge in [0.25, 0.3) is 5.91 Å². The molecular formula is C19H16F3N5O. The van der Waals surface area contributed by atoms with Crippen LogP contribution in [0, 0.1) is 5.92 Å². The Labute approximate surface area is 158 Å². The van der Waals surface area contributed by atoms with Gasteiger partial charge in [-0.2, -0.15) is 18.3 Å². The van der Waals surface area contributed by atoms with Gasteiger partial charge in [0, 0.05) is 37.7 Å². The van der Waals surface area contributed by atoms with Crippen LogP contribution in [0.3, 0.4) is 0 Å². The Kier molecular flexibility index (Phi) is 4.58. The molecule has 0 radical (unpaired) electrons. The number of nitrogens with zero attached hydrogens (tertiary/aromatic N) is 4. The molecule has 1 atom stereocenters. The Morgan fingerprint density at radius 2 is 1.86 bits per heavy atom. The van der Waals surface area contributed by atoms with E-state index in [1.165, 1.54) is 0 Å². The van der Waals surface area contributed by atoms with Gasteiger partial charge in [0.05, 0.1) is 11.9 Å². The standard InChI is InChI=1S/C19H16F3N5O/c20-19(21,22)17-16(9-25-26-18(17)28)27-10-13-2-1-12(7-14(13)11-27)8-24-15-3-5-23-6-4-15/h1-7,9,17H,8,10-11H2,(H,23,24). The van der Waals surface area contributed by atoms with E-state index >= 15 is 0 Å². The highest BCUT2D eigenvalue weighted by Crippen LogP contribution is 2.39. The monoisotopic (exact) mass is 387 g/mol.